The lowest BCUT2D eigenvalue weighted by Gasteiger charge is -2.24. The number of fused-ring (bicyclic) bond motifs is 1. The second-order valence-electron chi connectivity index (χ2n) is 3.44. The van der Waals surface area contributed by atoms with Crippen molar-refractivity contribution in [2.75, 3.05) is 7.05 Å². The molecule has 14 heavy (non-hydrogen) atoms. The number of allylic oxidation sites excluding steroid dienone is 2. The van der Waals surface area contributed by atoms with Gasteiger partial charge in [-0.1, -0.05) is 0 Å². The van der Waals surface area contributed by atoms with Crippen LogP contribution in [0.15, 0.2) is 27.2 Å². The van der Waals surface area contributed by atoms with E-state index in [2.05, 4.69) is 4.40 Å². The van der Waals surface area contributed by atoms with Crippen molar-refractivity contribution in [2.24, 2.45) is 4.40 Å². The van der Waals surface area contributed by atoms with Gasteiger partial charge in [0.15, 0.2) is 11.7 Å². The maximum atomic E-state index is 13.4. The minimum atomic E-state index is -0.770. The van der Waals surface area contributed by atoms with E-state index in [0.29, 0.717) is 16.9 Å². The molecule has 0 aromatic rings. The second-order valence-corrected chi connectivity index (χ2v) is 4.36. The van der Waals surface area contributed by atoms with E-state index in [4.69, 9.17) is 0 Å². The van der Waals surface area contributed by atoms with Gasteiger partial charge in [0.1, 0.15) is 0 Å². The molecule has 0 radical (unpaired) electrons. The van der Waals surface area contributed by atoms with E-state index in [1.54, 1.807) is 13.8 Å². The third-order valence-electron chi connectivity index (χ3n) is 2.55. The predicted octanol–water partition coefficient (Wildman–Crippen LogP) is 2.81. The maximum Gasteiger partial charge on any atom is 0.163 e. The first-order valence-electron chi connectivity index (χ1n) is 4.25. The molecule has 1 atom stereocenters. The Morgan fingerprint density at radius 3 is 2.57 bits per heavy atom. The zero-order valence-electron chi connectivity index (χ0n) is 8.14. The Bertz CT molecular complexity index is 384. The molecule has 76 valence electrons. The molecule has 0 spiro atoms. The van der Waals surface area contributed by atoms with Gasteiger partial charge >= 0.3 is 0 Å². The Labute approximate surface area is 85.6 Å². The van der Waals surface area contributed by atoms with Crippen molar-refractivity contribution in [1.29, 1.82) is 0 Å². The van der Waals surface area contributed by atoms with Crippen LogP contribution in [0, 0.1) is 0 Å². The molecule has 0 saturated heterocycles. The molecule has 0 amide bonds. The fraction of sp³-hybridized carbons (Fsp3) is 0.444. The Hall–Kier alpha value is -0.680. The van der Waals surface area contributed by atoms with Gasteiger partial charge in [-0.3, -0.25) is 0 Å². The first-order valence-corrected chi connectivity index (χ1v) is 4.98. The summed E-state index contributed by atoms with van der Waals surface area (Å²) in [5, 5.41) is 0. The fourth-order valence-electron chi connectivity index (χ4n) is 1.70. The van der Waals surface area contributed by atoms with Crippen LogP contribution in [-0.4, -0.2) is 23.1 Å². The molecule has 1 unspecified atom stereocenters. The van der Waals surface area contributed by atoms with Gasteiger partial charge in [0, 0.05) is 12.6 Å². The van der Waals surface area contributed by atoms with Crippen molar-refractivity contribution in [3.05, 3.63) is 22.8 Å². The molecular formula is C9H10F2N2S. The van der Waals surface area contributed by atoms with Crippen LogP contribution >= 0.6 is 12.1 Å². The number of hydrogen-bond acceptors (Lipinski definition) is 3. The SMILES string of the molecule is CC1=C(F)C(F)=C(C)C2C1=NSN2C. The fourth-order valence-corrected chi connectivity index (χ4v) is 2.50. The van der Waals surface area contributed by atoms with E-state index in [9.17, 15) is 8.78 Å². The van der Waals surface area contributed by atoms with Crippen LogP contribution in [0.1, 0.15) is 13.8 Å². The first-order chi connectivity index (χ1) is 6.54. The predicted molar refractivity (Wildman–Crippen MR) is 54.2 cm³/mol. The topological polar surface area (TPSA) is 15.6 Å². The molecule has 0 aromatic heterocycles. The molecule has 1 aliphatic heterocycles. The maximum absolute atomic E-state index is 13.4. The van der Waals surface area contributed by atoms with Crippen molar-refractivity contribution in [2.45, 2.75) is 19.9 Å². The molecule has 0 saturated carbocycles. The summed E-state index contributed by atoms with van der Waals surface area (Å²) in [5.74, 6) is -1.51. The normalized spacial score (nSPS) is 28.4. The molecule has 5 heteroatoms. The zero-order chi connectivity index (χ0) is 10.5. The molecule has 0 fully saturated rings. The van der Waals surface area contributed by atoms with Gasteiger partial charge in [-0.05, 0) is 19.4 Å². The van der Waals surface area contributed by atoms with Gasteiger partial charge in [0.25, 0.3) is 0 Å². The minimum absolute atomic E-state index is 0.209. The van der Waals surface area contributed by atoms with Gasteiger partial charge in [0.05, 0.1) is 23.9 Å². The molecule has 0 N–H and O–H groups in total. The highest BCUT2D eigenvalue weighted by molar-refractivity contribution is 7.96. The second kappa shape index (κ2) is 3.17. The Morgan fingerprint density at radius 2 is 1.93 bits per heavy atom. The van der Waals surface area contributed by atoms with E-state index in [0.717, 1.165) is 0 Å². The van der Waals surface area contributed by atoms with Crippen molar-refractivity contribution in [3.8, 4) is 0 Å². The molecule has 0 bridgehead atoms. The molecule has 2 nitrogen and oxygen atoms in total. The van der Waals surface area contributed by atoms with E-state index in [1.807, 2.05) is 11.4 Å². The first kappa shape index (κ1) is 9.86. The third kappa shape index (κ3) is 1.15. The van der Waals surface area contributed by atoms with Crippen molar-refractivity contribution >= 4 is 17.8 Å². The summed E-state index contributed by atoms with van der Waals surface area (Å²) < 4.78 is 32.6. The summed E-state index contributed by atoms with van der Waals surface area (Å²) in [5.41, 5.74) is 1.35. The van der Waals surface area contributed by atoms with Crippen molar-refractivity contribution < 1.29 is 8.78 Å². The largest absolute Gasteiger partial charge is 0.221 e. The van der Waals surface area contributed by atoms with Gasteiger partial charge < -0.3 is 0 Å². The standard InChI is InChI=1S/C9H10F2N2S/c1-4-6(10)7(11)5(2)9-8(4)12-14-13(9)3/h9H,1-3H3. The number of hydrogen-bond donors (Lipinski definition) is 0. The summed E-state index contributed by atoms with van der Waals surface area (Å²) in [7, 11) is 1.82. The average Bonchev–Trinajstić information content (AvgIpc) is 2.54. The molecular weight excluding hydrogens is 206 g/mol. The Balaban J connectivity index is 2.56. The quantitative estimate of drug-likeness (QED) is 0.579. The lowest BCUT2D eigenvalue weighted by atomic mass is 9.91. The zero-order valence-corrected chi connectivity index (χ0v) is 8.95. The molecule has 0 aromatic carbocycles. The van der Waals surface area contributed by atoms with Crippen LogP contribution in [0.2, 0.25) is 0 Å². The highest BCUT2D eigenvalue weighted by atomic mass is 32.2. The third-order valence-corrected chi connectivity index (χ3v) is 3.30. The van der Waals surface area contributed by atoms with Gasteiger partial charge in [-0.2, -0.15) is 0 Å². The lowest BCUT2D eigenvalue weighted by molar-refractivity contribution is 0.489. The average molecular weight is 216 g/mol. The highest BCUT2D eigenvalue weighted by Gasteiger charge is 2.37. The van der Waals surface area contributed by atoms with E-state index >= 15 is 0 Å². The van der Waals surface area contributed by atoms with E-state index in [-0.39, 0.29) is 6.04 Å². The lowest BCUT2D eigenvalue weighted by Crippen LogP contribution is -2.34. The number of rotatable bonds is 0. The number of nitrogens with zero attached hydrogens (tertiary/aromatic N) is 2. The summed E-state index contributed by atoms with van der Waals surface area (Å²) in [6.07, 6.45) is 0. The van der Waals surface area contributed by atoms with Crippen LogP contribution in [0.3, 0.4) is 0 Å². The van der Waals surface area contributed by atoms with E-state index in [1.165, 1.54) is 12.1 Å². The molecule has 2 rings (SSSR count). The van der Waals surface area contributed by atoms with E-state index < -0.39 is 11.7 Å². The van der Waals surface area contributed by atoms with Gasteiger partial charge in [-0.25, -0.2) is 17.5 Å². The van der Waals surface area contributed by atoms with Crippen molar-refractivity contribution in [1.82, 2.24) is 4.31 Å². The summed E-state index contributed by atoms with van der Waals surface area (Å²) in [6.45, 7) is 3.16. The number of likely N-dealkylation sites (N-methyl/N-ethyl adjacent to an activating group) is 1. The Kier molecular flexibility index (Phi) is 2.23. The van der Waals surface area contributed by atoms with Gasteiger partial charge in [0.2, 0.25) is 0 Å². The minimum Gasteiger partial charge on any atom is -0.221 e. The summed E-state index contributed by atoms with van der Waals surface area (Å²) >= 11 is 1.23. The monoisotopic (exact) mass is 216 g/mol. The molecule has 1 heterocycles. The van der Waals surface area contributed by atoms with Crippen molar-refractivity contribution in [3.63, 3.8) is 0 Å². The summed E-state index contributed by atoms with van der Waals surface area (Å²) in [6, 6.07) is -0.209. The smallest absolute Gasteiger partial charge is 0.163 e. The number of halogens is 2. The molecule has 1 aliphatic carbocycles. The summed E-state index contributed by atoms with van der Waals surface area (Å²) in [4.78, 5) is 0. The molecule has 2 aliphatic rings. The van der Waals surface area contributed by atoms with Crippen LogP contribution in [0.25, 0.3) is 0 Å². The highest BCUT2D eigenvalue weighted by Crippen LogP contribution is 2.39. The van der Waals surface area contributed by atoms with Crippen LogP contribution < -0.4 is 0 Å². The van der Waals surface area contributed by atoms with Crippen LogP contribution in [0.4, 0.5) is 8.78 Å². The Morgan fingerprint density at radius 1 is 1.29 bits per heavy atom. The van der Waals surface area contributed by atoms with Gasteiger partial charge in [-0.15, -0.1) is 0 Å². The van der Waals surface area contributed by atoms with Crippen LogP contribution in [0.5, 0.6) is 0 Å². The van der Waals surface area contributed by atoms with Crippen LogP contribution in [-0.2, 0) is 0 Å².